The van der Waals surface area contributed by atoms with Gasteiger partial charge in [0, 0.05) is 31.3 Å². The van der Waals surface area contributed by atoms with E-state index in [-0.39, 0.29) is 11.6 Å². The molecule has 0 saturated heterocycles. The predicted molar refractivity (Wildman–Crippen MR) is 96.5 cm³/mol. The number of hydrogen-bond acceptors (Lipinski definition) is 4. The molecule has 8 heteroatoms. The Balaban J connectivity index is 1.79. The van der Waals surface area contributed by atoms with E-state index in [4.69, 9.17) is 11.6 Å². The summed E-state index contributed by atoms with van der Waals surface area (Å²) in [5.41, 5.74) is 2.30. The third-order valence-electron chi connectivity index (χ3n) is 3.65. The van der Waals surface area contributed by atoms with Crippen molar-refractivity contribution in [3.8, 4) is 0 Å². The molecule has 1 heterocycles. The normalized spacial score (nSPS) is 11.0. The molecule has 0 fully saturated rings. The Bertz CT molecular complexity index is 814. The number of hydrogen-bond donors (Lipinski definition) is 1. The molecule has 0 atom stereocenters. The van der Waals surface area contributed by atoms with Gasteiger partial charge in [-0.15, -0.1) is 0 Å². The lowest BCUT2D eigenvalue weighted by atomic mass is 10.2. The van der Waals surface area contributed by atoms with Gasteiger partial charge in [-0.1, -0.05) is 23.7 Å². The number of nitrogens with one attached hydrogen (secondary N) is 1. The van der Waals surface area contributed by atoms with Gasteiger partial charge < -0.3 is 5.32 Å². The van der Waals surface area contributed by atoms with Crippen molar-refractivity contribution in [2.24, 2.45) is 0 Å². The van der Waals surface area contributed by atoms with Gasteiger partial charge in [0.2, 0.25) is 5.91 Å². The zero-order valence-electron chi connectivity index (χ0n) is 14.0. The van der Waals surface area contributed by atoms with E-state index in [9.17, 15) is 14.9 Å². The first-order chi connectivity index (χ1) is 11.9. The van der Waals surface area contributed by atoms with E-state index in [1.165, 1.54) is 18.2 Å². The maximum Gasteiger partial charge on any atom is 0.270 e. The second kappa shape index (κ2) is 8.43. The van der Waals surface area contributed by atoms with Crippen molar-refractivity contribution in [2.75, 3.05) is 6.54 Å². The van der Waals surface area contributed by atoms with E-state index in [1.807, 2.05) is 18.5 Å². The van der Waals surface area contributed by atoms with E-state index in [0.717, 1.165) is 11.4 Å². The number of aryl methyl sites for hydroxylation is 2. The van der Waals surface area contributed by atoms with Crippen LogP contribution in [-0.4, -0.2) is 27.2 Å². The number of non-ortho nitro benzene ring substituents is 1. The third kappa shape index (κ3) is 5.15. The molecule has 0 saturated carbocycles. The van der Waals surface area contributed by atoms with Gasteiger partial charge in [0.15, 0.2) is 0 Å². The highest BCUT2D eigenvalue weighted by molar-refractivity contribution is 6.31. The molecule has 1 aromatic carbocycles. The first kappa shape index (κ1) is 18.7. The highest BCUT2D eigenvalue weighted by Crippen LogP contribution is 2.18. The maximum absolute atomic E-state index is 11.8. The number of rotatable bonds is 7. The Morgan fingerprint density at radius 1 is 1.44 bits per heavy atom. The minimum absolute atomic E-state index is 0.00824. The average molecular weight is 363 g/mol. The van der Waals surface area contributed by atoms with Crippen molar-refractivity contribution < 1.29 is 9.72 Å². The molecule has 1 amide bonds. The number of nitro benzene ring substituents is 1. The lowest BCUT2D eigenvalue weighted by Crippen LogP contribution is -2.23. The highest BCUT2D eigenvalue weighted by Gasteiger charge is 2.08. The summed E-state index contributed by atoms with van der Waals surface area (Å²) in [7, 11) is 0. The zero-order valence-corrected chi connectivity index (χ0v) is 14.8. The van der Waals surface area contributed by atoms with Gasteiger partial charge >= 0.3 is 0 Å². The fourth-order valence-corrected chi connectivity index (χ4v) is 2.44. The van der Waals surface area contributed by atoms with Gasteiger partial charge in [-0.2, -0.15) is 5.10 Å². The second-order valence-corrected chi connectivity index (χ2v) is 5.92. The number of carbonyl (C=O) groups excluding carboxylic acids is 1. The number of nitrogens with zero attached hydrogens (tertiary/aromatic N) is 3. The molecular weight excluding hydrogens is 344 g/mol. The first-order valence-electron chi connectivity index (χ1n) is 7.78. The molecule has 0 radical (unpaired) electrons. The van der Waals surface area contributed by atoms with Crippen molar-refractivity contribution >= 4 is 29.3 Å². The van der Waals surface area contributed by atoms with E-state index in [2.05, 4.69) is 10.4 Å². The van der Waals surface area contributed by atoms with Crippen molar-refractivity contribution in [3.05, 3.63) is 62.4 Å². The summed E-state index contributed by atoms with van der Waals surface area (Å²) in [6.07, 6.45) is 3.62. The molecule has 2 rings (SSSR count). The third-order valence-corrected chi connectivity index (χ3v) is 4.19. The molecule has 0 unspecified atom stereocenters. The summed E-state index contributed by atoms with van der Waals surface area (Å²) in [6.45, 7) is 4.91. The van der Waals surface area contributed by atoms with Crippen LogP contribution in [0.5, 0.6) is 0 Å². The van der Waals surface area contributed by atoms with Crippen molar-refractivity contribution in [1.29, 1.82) is 0 Å². The molecule has 0 spiro atoms. The lowest BCUT2D eigenvalue weighted by molar-refractivity contribution is -0.384. The standard InChI is InChI=1S/C17H19ClN4O3/c1-12-17(18)13(2)21(20-12)10-4-9-19-16(23)8-7-14-5-3-6-15(11-14)22(24)25/h3,5-8,11H,4,9-10H2,1-2H3,(H,19,23)/b8-7+. The van der Waals surface area contributed by atoms with Gasteiger partial charge in [-0.25, -0.2) is 0 Å². The van der Waals surface area contributed by atoms with Gasteiger partial charge in [0.05, 0.1) is 21.3 Å². The summed E-state index contributed by atoms with van der Waals surface area (Å²) < 4.78 is 1.82. The monoisotopic (exact) mass is 362 g/mol. The minimum atomic E-state index is -0.470. The van der Waals surface area contributed by atoms with Crippen LogP contribution in [0.1, 0.15) is 23.4 Å². The van der Waals surface area contributed by atoms with Gasteiger partial charge in [0.25, 0.3) is 5.69 Å². The molecule has 25 heavy (non-hydrogen) atoms. The van der Waals surface area contributed by atoms with E-state index >= 15 is 0 Å². The van der Waals surface area contributed by atoms with Gasteiger partial charge in [-0.3, -0.25) is 19.6 Å². The quantitative estimate of drug-likeness (QED) is 0.354. The van der Waals surface area contributed by atoms with Crippen LogP contribution in [0.2, 0.25) is 5.02 Å². The Morgan fingerprint density at radius 2 is 2.20 bits per heavy atom. The van der Waals surface area contributed by atoms with E-state index in [0.29, 0.717) is 30.1 Å². The largest absolute Gasteiger partial charge is 0.352 e. The minimum Gasteiger partial charge on any atom is -0.352 e. The van der Waals surface area contributed by atoms with Gasteiger partial charge in [0.1, 0.15) is 0 Å². The Hall–Kier alpha value is -2.67. The summed E-state index contributed by atoms with van der Waals surface area (Å²) >= 11 is 6.09. The van der Waals surface area contributed by atoms with Crippen molar-refractivity contribution in [3.63, 3.8) is 0 Å². The van der Waals surface area contributed by atoms with Crippen LogP contribution < -0.4 is 5.32 Å². The fourth-order valence-electron chi connectivity index (χ4n) is 2.31. The molecule has 0 bridgehead atoms. The van der Waals surface area contributed by atoms with Crippen molar-refractivity contribution in [1.82, 2.24) is 15.1 Å². The van der Waals surface area contributed by atoms with E-state index in [1.54, 1.807) is 18.2 Å². The lowest BCUT2D eigenvalue weighted by Gasteiger charge is -2.05. The molecule has 2 aromatic rings. The molecule has 0 aliphatic heterocycles. The number of benzene rings is 1. The SMILES string of the molecule is Cc1nn(CCCNC(=O)/C=C/c2cccc([N+](=O)[O-])c2)c(C)c1Cl. The van der Waals surface area contributed by atoms with Crippen LogP contribution in [0.4, 0.5) is 5.69 Å². The van der Waals surface area contributed by atoms with Crippen LogP contribution in [0.3, 0.4) is 0 Å². The number of carbonyl (C=O) groups is 1. The number of nitro groups is 1. The molecule has 0 aliphatic carbocycles. The van der Waals surface area contributed by atoms with Crippen LogP contribution in [0.25, 0.3) is 6.08 Å². The average Bonchev–Trinajstić information content (AvgIpc) is 2.84. The molecule has 0 aliphatic rings. The molecule has 1 aromatic heterocycles. The zero-order chi connectivity index (χ0) is 18.4. The molecule has 1 N–H and O–H groups in total. The fraction of sp³-hybridized carbons (Fsp3) is 0.294. The highest BCUT2D eigenvalue weighted by atomic mass is 35.5. The number of halogens is 1. The second-order valence-electron chi connectivity index (χ2n) is 5.54. The van der Waals surface area contributed by atoms with E-state index < -0.39 is 4.92 Å². The van der Waals surface area contributed by atoms with Crippen molar-refractivity contribution in [2.45, 2.75) is 26.8 Å². The van der Waals surface area contributed by atoms with Crippen LogP contribution in [-0.2, 0) is 11.3 Å². The maximum atomic E-state index is 11.8. The Labute approximate surface area is 150 Å². The predicted octanol–water partition coefficient (Wildman–Crippen LogP) is 3.28. The summed E-state index contributed by atoms with van der Waals surface area (Å²) in [5, 5.41) is 18.5. The summed E-state index contributed by atoms with van der Waals surface area (Å²) in [6, 6.07) is 6.09. The Morgan fingerprint density at radius 3 is 2.84 bits per heavy atom. The molecule has 7 nitrogen and oxygen atoms in total. The van der Waals surface area contributed by atoms with Gasteiger partial charge in [-0.05, 0) is 31.9 Å². The van der Waals surface area contributed by atoms with Crippen LogP contribution in [0, 0.1) is 24.0 Å². The van der Waals surface area contributed by atoms with Crippen LogP contribution in [0.15, 0.2) is 30.3 Å². The number of amides is 1. The molecule has 132 valence electrons. The molecular formula is C17H19ClN4O3. The number of aromatic nitrogens is 2. The summed E-state index contributed by atoms with van der Waals surface area (Å²) in [4.78, 5) is 22.0. The smallest absolute Gasteiger partial charge is 0.270 e. The Kier molecular flexibility index (Phi) is 6.30. The topological polar surface area (TPSA) is 90.1 Å². The van der Waals surface area contributed by atoms with Crippen LogP contribution >= 0.6 is 11.6 Å². The summed E-state index contributed by atoms with van der Waals surface area (Å²) in [5.74, 6) is -0.252. The first-order valence-corrected chi connectivity index (χ1v) is 8.16.